The first-order chi connectivity index (χ1) is 12.4. The first kappa shape index (κ1) is 20.7. The van der Waals surface area contributed by atoms with Gasteiger partial charge in [0.05, 0.1) is 0 Å². The molecule has 1 aliphatic heterocycles. The second-order valence-corrected chi connectivity index (χ2v) is 7.91. The molecule has 2 rings (SSSR count). The van der Waals surface area contributed by atoms with E-state index in [4.69, 9.17) is 11.6 Å². The molecule has 7 heteroatoms. The van der Waals surface area contributed by atoms with Crippen LogP contribution in [0.25, 0.3) is 0 Å². The predicted octanol–water partition coefficient (Wildman–Crippen LogP) is -0.505. The zero-order chi connectivity index (χ0) is 18.9. The molecule has 144 valence electrons. The van der Waals surface area contributed by atoms with Crippen molar-refractivity contribution >= 4 is 23.5 Å². The van der Waals surface area contributed by atoms with Crippen LogP contribution >= 0.6 is 11.6 Å². The van der Waals surface area contributed by atoms with Crippen molar-refractivity contribution in [1.29, 1.82) is 0 Å². The lowest BCUT2D eigenvalue weighted by Gasteiger charge is -2.29. The number of nitrogens with one attached hydrogen (secondary N) is 4. The topological polar surface area (TPSA) is 67.1 Å². The number of rotatable bonds is 7. The van der Waals surface area contributed by atoms with Gasteiger partial charge in [-0.25, -0.2) is 4.79 Å². The Morgan fingerprint density at radius 1 is 1.15 bits per heavy atom. The highest BCUT2D eigenvalue weighted by Gasteiger charge is 2.25. The fraction of sp³-hybridized carbons (Fsp3) is 0.579. The first-order valence-electron chi connectivity index (χ1n) is 9.41. The van der Waals surface area contributed by atoms with Gasteiger partial charge in [0.1, 0.15) is 32.7 Å². The smallest absolute Gasteiger partial charge is 0.321 e. The molecule has 3 amide bonds. The number of quaternary nitrogens is 2. The third-order valence-electron chi connectivity index (χ3n) is 4.68. The minimum absolute atomic E-state index is 0.208. The quantitative estimate of drug-likeness (QED) is 0.513. The largest absolute Gasteiger partial charge is 0.338 e. The van der Waals surface area contributed by atoms with Crippen LogP contribution in [0.15, 0.2) is 24.3 Å². The minimum atomic E-state index is -0.389. The van der Waals surface area contributed by atoms with E-state index in [2.05, 4.69) is 30.5 Å². The molecule has 0 bridgehead atoms. The van der Waals surface area contributed by atoms with E-state index in [0.717, 1.165) is 44.2 Å². The third kappa shape index (κ3) is 7.72. The van der Waals surface area contributed by atoms with E-state index < -0.39 is 0 Å². The van der Waals surface area contributed by atoms with E-state index in [9.17, 15) is 9.59 Å². The molecule has 0 aliphatic carbocycles. The normalized spacial score (nSPS) is 20.0. The molecule has 26 heavy (non-hydrogen) atoms. The number of benzene rings is 1. The lowest BCUT2D eigenvalue weighted by Crippen LogP contribution is -3.28. The second-order valence-electron chi connectivity index (χ2n) is 7.47. The maximum atomic E-state index is 12.0. The van der Waals surface area contributed by atoms with Crippen molar-refractivity contribution in [2.75, 3.05) is 39.3 Å². The van der Waals surface area contributed by atoms with Crippen LogP contribution in [0.4, 0.5) is 4.79 Å². The Morgan fingerprint density at radius 3 is 2.50 bits per heavy atom. The summed E-state index contributed by atoms with van der Waals surface area (Å²) in [5, 5.41) is 5.93. The summed E-state index contributed by atoms with van der Waals surface area (Å²) in [5.74, 6) is 0.321. The highest BCUT2D eigenvalue weighted by Crippen LogP contribution is 2.09. The van der Waals surface area contributed by atoms with Crippen molar-refractivity contribution in [2.45, 2.75) is 26.8 Å². The van der Waals surface area contributed by atoms with Crippen molar-refractivity contribution in [1.82, 2.24) is 10.6 Å². The molecular weight excluding hydrogens is 352 g/mol. The summed E-state index contributed by atoms with van der Waals surface area (Å²) in [6.45, 7) is 9.97. The van der Waals surface area contributed by atoms with Gasteiger partial charge in [0, 0.05) is 17.1 Å². The molecule has 1 saturated heterocycles. The Bertz CT molecular complexity index is 601. The number of hydrogen-bond donors (Lipinski definition) is 4. The van der Waals surface area contributed by atoms with Gasteiger partial charge in [-0.2, -0.15) is 0 Å². The highest BCUT2D eigenvalue weighted by molar-refractivity contribution is 6.30. The lowest BCUT2D eigenvalue weighted by atomic mass is 10.1. The van der Waals surface area contributed by atoms with Gasteiger partial charge in [-0.05, 0) is 24.5 Å². The highest BCUT2D eigenvalue weighted by atomic mass is 35.5. The van der Waals surface area contributed by atoms with Crippen molar-refractivity contribution in [3.05, 3.63) is 34.9 Å². The fourth-order valence-electron chi connectivity index (χ4n) is 3.16. The Hall–Kier alpha value is -1.63. The Kier molecular flexibility index (Phi) is 8.35. The van der Waals surface area contributed by atoms with Gasteiger partial charge < -0.3 is 15.1 Å². The van der Waals surface area contributed by atoms with Gasteiger partial charge in [0.2, 0.25) is 0 Å². The Labute approximate surface area is 160 Å². The lowest BCUT2D eigenvalue weighted by molar-refractivity contribution is -1.02. The van der Waals surface area contributed by atoms with Crippen LogP contribution in [0, 0.1) is 5.92 Å². The zero-order valence-corrected chi connectivity index (χ0v) is 16.5. The van der Waals surface area contributed by atoms with Crippen LogP contribution in [-0.4, -0.2) is 51.2 Å². The summed E-state index contributed by atoms with van der Waals surface area (Å²) in [6.07, 6.45) is 0.907. The van der Waals surface area contributed by atoms with E-state index in [1.54, 1.807) is 0 Å². The molecule has 1 aromatic rings. The van der Waals surface area contributed by atoms with Gasteiger partial charge in [-0.3, -0.25) is 10.1 Å². The van der Waals surface area contributed by atoms with Crippen molar-refractivity contribution in [3.8, 4) is 0 Å². The summed E-state index contributed by atoms with van der Waals surface area (Å²) >= 11 is 6.04. The first-order valence-corrected chi connectivity index (χ1v) is 9.79. The SMILES string of the molecule is CC(C)CCNC(=O)NC(=O)C[NH+]1CC[NH+](Cc2cccc(Cl)c2)CC1. The molecule has 0 unspecified atom stereocenters. The molecule has 4 N–H and O–H groups in total. The van der Waals surface area contributed by atoms with Crippen LogP contribution in [0.3, 0.4) is 0 Å². The number of hydrogen-bond acceptors (Lipinski definition) is 2. The minimum Gasteiger partial charge on any atom is -0.338 e. The zero-order valence-electron chi connectivity index (χ0n) is 15.7. The second kappa shape index (κ2) is 10.5. The predicted molar refractivity (Wildman–Crippen MR) is 102 cm³/mol. The summed E-state index contributed by atoms with van der Waals surface area (Å²) in [5.41, 5.74) is 1.24. The molecule has 1 heterocycles. The van der Waals surface area contributed by atoms with Crippen molar-refractivity contribution < 1.29 is 19.4 Å². The molecule has 0 radical (unpaired) electrons. The van der Waals surface area contributed by atoms with Gasteiger partial charge in [0.25, 0.3) is 5.91 Å². The van der Waals surface area contributed by atoms with E-state index in [1.807, 2.05) is 18.2 Å². The molecule has 1 fully saturated rings. The molecule has 0 atom stereocenters. The van der Waals surface area contributed by atoms with Gasteiger partial charge in [0.15, 0.2) is 6.54 Å². The molecular formula is C19H31ClN4O2+2. The average molecular weight is 383 g/mol. The number of halogens is 1. The monoisotopic (exact) mass is 382 g/mol. The number of carbonyl (C=O) groups is 2. The fourth-order valence-corrected chi connectivity index (χ4v) is 3.38. The number of piperazine rings is 1. The number of carbonyl (C=O) groups excluding carboxylic acids is 2. The Balaban J connectivity index is 1.64. The number of urea groups is 1. The van der Waals surface area contributed by atoms with Crippen LogP contribution in [0.5, 0.6) is 0 Å². The van der Waals surface area contributed by atoms with Crippen LogP contribution in [0.2, 0.25) is 5.02 Å². The summed E-state index contributed by atoms with van der Waals surface area (Å²) in [4.78, 5) is 26.4. The molecule has 0 aromatic heterocycles. The third-order valence-corrected chi connectivity index (χ3v) is 4.91. The maximum Gasteiger partial charge on any atom is 0.321 e. The number of imide groups is 1. The number of amides is 3. The van der Waals surface area contributed by atoms with E-state index in [0.29, 0.717) is 19.0 Å². The van der Waals surface area contributed by atoms with Crippen LogP contribution < -0.4 is 20.4 Å². The van der Waals surface area contributed by atoms with Crippen molar-refractivity contribution in [3.63, 3.8) is 0 Å². The average Bonchev–Trinajstić information content (AvgIpc) is 2.56. The maximum absolute atomic E-state index is 12.0. The summed E-state index contributed by atoms with van der Waals surface area (Å²) in [6, 6.07) is 7.60. The van der Waals surface area contributed by atoms with E-state index in [1.165, 1.54) is 15.4 Å². The molecule has 1 aromatic carbocycles. The van der Waals surface area contributed by atoms with Crippen LogP contribution in [0.1, 0.15) is 25.8 Å². The van der Waals surface area contributed by atoms with Gasteiger partial charge in [-0.15, -0.1) is 0 Å². The summed E-state index contributed by atoms with van der Waals surface area (Å²) < 4.78 is 0. The molecule has 1 aliphatic rings. The molecule has 0 spiro atoms. The summed E-state index contributed by atoms with van der Waals surface area (Å²) in [7, 11) is 0. The van der Waals surface area contributed by atoms with Gasteiger partial charge >= 0.3 is 6.03 Å². The molecule has 0 saturated carbocycles. The van der Waals surface area contributed by atoms with E-state index >= 15 is 0 Å². The van der Waals surface area contributed by atoms with Crippen molar-refractivity contribution in [2.24, 2.45) is 5.92 Å². The van der Waals surface area contributed by atoms with Gasteiger partial charge in [-0.1, -0.05) is 37.6 Å². The van der Waals surface area contributed by atoms with Crippen LogP contribution in [-0.2, 0) is 11.3 Å². The van der Waals surface area contributed by atoms with E-state index in [-0.39, 0.29) is 11.9 Å². The molecule has 6 nitrogen and oxygen atoms in total. The standard InChI is InChI=1S/C19H29ClN4O2/c1-15(2)6-7-21-19(26)22-18(25)14-24-10-8-23(9-11-24)13-16-4-3-5-17(20)12-16/h3-5,12,15H,6-11,13-14H2,1-2H3,(H2,21,22,25,26)/p+2. The Morgan fingerprint density at radius 2 is 1.85 bits per heavy atom.